The molecule has 108 valence electrons. The minimum atomic E-state index is 0.376. The zero-order valence-electron chi connectivity index (χ0n) is 12.5. The highest BCUT2D eigenvalue weighted by molar-refractivity contribution is 4.74. The summed E-state index contributed by atoms with van der Waals surface area (Å²) in [6.45, 7) is 6.43. The molecule has 0 spiro atoms. The minimum Gasteiger partial charge on any atom is -0.377 e. The van der Waals surface area contributed by atoms with Gasteiger partial charge in [0, 0.05) is 19.2 Å². The molecule has 2 heteroatoms. The van der Waals surface area contributed by atoms with Crippen LogP contribution in [0.3, 0.4) is 0 Å². The van der Waals surface area contributed by atoms with Gasteiger partial charge < -0.3 is 10.1 Å². The van der Waals surface area contributed by atoms with E-state index in [0.717, 1.165) is 19.2 Å². The molecule has 18 heavy (non-hydrogen) atoms. The predicted molar refractivity (Wildman–Crippen MR) is 79.0 cm³/mol. The topological polar surface area (TPSA) is 21.3 Å². The standard InChI is InChI=1S/C16H33NO/c1-3-4-5-6-7-10-13-18-15(2)14-17-16-11-8-9-12-16/h15-17H,3-14H2,1-2H3. The number of ether oxygens (including phenoxy) is 1. The predicted octanol–water partition coefficient (Wildman–Crippen LogP) is 4.28. The van der Waals surface area contributed by atoms with Crippen molar-refractivity contribution in [2.24, 2.45) is 0 Å². The molecule has 0 aliphatic heterocycles. The van der Waals surface area contributed by atoms with Gasteiger partial charge in [0.2, 0.25) is 0 Å². The van der Waals surface area contributed by atoms with Gasteiger partial charge in [-0.3, -0.25) is 0 Å². The van der Waals surface area contributed by atoms with Crippen LogP contribution in [0.5, 0.6) is 0 Å². The number of unbranched alkanes of at least 4 members (excludes halogenated alkanes) is 5. The zero-order valence-corrected chi connectivity index (χ0v) is 12.5. The largest absolute Gasteiger partial charge is 0.377 e. The molecule has 1 saturated carbocycles. The summed E-state index contributed by atoms with van der Waals surface area (Å²) in [5, 5.41) is 3.63. The first-order chi connectivity index (χ1) is 8.83. The number of hydrogen-bond donors (Lipinski definition) is 1. The Hall–Kier alpha value is -0.0800. The quantitative estimate of drug-likeness (QED) is 0.556. The average molecular weight is 255 g/mol. The highest BCUT2D eigenvalue weighted by Crippen LogP contribution is 2.17. The van der Waals surface area contributed by atoms with Crippen molar-refractivity contribution >= 4 is 0 Å². The Morgan fingerprint density at radius 2 is 1.72 bits per heavy atom. The number of rotatable bonds is 11. The van der Waals surface area contributed by atoms with Crippen LogP contribution in [0.15, 0.2) is 0 Å². The van der Waals surface area contributed by atoms with Gasteiger partial charge in [-0.1, -0.05) is 51.9 Å². The first-order valence-corrected chi connectivity index (χ1v) is 8.18. The van der Waals surface area contributed by atoms with Crippen LogP contribution in [-0.2, 0) is 4.74 Å². The Balaban J connectivity index is 1.82. The molecule has 0 saturated heterocycles. The van der Waals surface area contributed by atoms with Crippen LogP contribution in [0.25, 0.3) is 0 Å². The van der Waals surface area contributed by atoms with Crippen molar-refractivity contribution < 1.29 is 4.74 Å². The van der Waals surface area contributed by atoms with Gasteiger partial charge in [-0.15, -0.1) is 0 Å². The molecule has 0 amide bonds. The van der Waals surface area contributed by atoms with E-state index in [4.69, 9.17) is 4.74 Å². The van der Waals surface area contributed by atoms with E-state index in [-0.39, 0.29) is 0 Å². The van der Waals surface area contributed by atoms with Gasteiger partial charge in [-0.2, -0.15) is 0 Å². The Labute approximate surface area is 114 Å². The van der Waals surface area contributed by atoms with Crippen molar-refractivity contribution in [1.82, 2.24) is 5.32 Å². The normalized spacial score (nSPS) is 18.3. The van der Waals surface area contributed by atoms with E-state index in [2.05, 4.69) is 19.2 Å². The van der Waals surface area contributed by atoms with Crippen LogP contribution in [-0.4, -0.2) is 25.3 Å². The summed E-state index contributed by atoms with van der Waals surface area (Å²) in [5.74, 6) is 0. The Morgan fingerprint density at radius 3 is 2.44 bits per heavy atom. The summed E-state index contributed by atoms with van der Waals surface area (Å²) >= 11 is 0. The monoisotopic (exact) mass is 255 g/mol. The van der Waals surface area contributed by atoms with Crippen molar-refractivity contribution in [1.29, 1.82) is 0 Å². The Kier molecular flexibility index (Phi) is 9.59. The third kappa shape index (κ3) is 8.10. The summed E-state index contributed by atoms with van der Waals surface area (Å²) in [5.41, 5.74) is 0. The molecule has 1 N–H and O–H groups in total. The second-order valence-corrected chi connectivity index (χ2v) is 5.84. The maximum atomic E-state index is 5.85. The number of hydrogen-bond acceptors (Lipinski definition) is 2. The Morgan fingerprint density at radius 1 is 1.06 bits per heavy atom. The van der Waals surface area contributed by atoms with E-state index >= 15 is 0 Å². The van der Waals surface area contributed by atoms with E-state index in [1.165, 1.54) is 64.2 Å². The second-order valence-electron chi connectivity index (χ2n) is 5.84. The maximum Gasteiger partial charge on any atom is 0.0671 e. The highest BCUT2D eigenvalue weighted by Gasteiger charge is 2.14. The summed E-state index contributed by atoms with van der Waals surface area (Å²) < 4.78 is 5.85. The van der Waals surface area contributed by atoms with Gasteiger partial charge >= 0.3 is 0 Å². The van der Waals surface area contributed by atoms with Crippen LogP contribution >= 0.6 is 0 Å². The van der Waals surface area contributed by atoms with Crippen molar-refractivity contribution in [3.8, 4) is 0 Å². The molecule has 1 aliphatic rings. The lowest BCUT2D eigenvalue weighted by Gasteiger charge is -2.17. The molecule has 2 nitrogen and oxygen atoms in total. The van der Waals surface area contributed by atoms with Gasteiger partial charge in [0.15, 0.2) is 0 Å². The highest BCUT2D eigenvalue weighted by atomic mass is 16.5. The molecule has 1 aliphatic carbocycles. The van der Waals surface area contributed by atoms with Gasteiger partial charge in [-0.25, -0.2) is 0 Å². The molecule has 1 unspecified atom stereocenters. The smallest absolute Gasteiger partial charge is 0.0671 e. The molecule has 0 aromatic carbocycles. The molecule has 0 aromatic rings. The van der Waals surface area contributed by atoms with Crippen molar-refractivity contribution in [2.75, 3.05) is 13.2 Å². The second kappa shape index (κ2) is 10.8. The molecule has 0 heterocycles. The van der Waals surface area contributed by atoms with E-state index in [0.29, 0.717) is 6.10 Å². The van der Waals surface area contributed by atoms with Gasteiger partial charge in [0.25, 0.3) is 0 Å². The fourth-order valence-corrected chi connectivity index (χ4v) is 2.69. The maximum absolute atomic E-state index is 5.85. The molecule has 0 aromatic heterocycles. The fourth-order valence-electron chi connectivity index (χ4n) is 2.69. The number of nitrogens with one attached hydrogen (secondary N) is 1. The van der Waals surface area contributed by atoms with Crippen LogP contribution in [0.4, 0.5) is 0 Å². The zero-order chi connectivity index (χ0) is 13.1. The molecule has 1 atom stereocenters. The van der Waals surface area contributed by atoms with E-state index in [1.807, 2.05) is 0 Å². The molecule has 1 fully saturated rings. The third-order valence-electron chi connectivity index (χ3n) is 3.95. The van der Waals surface area contributed by atoms with Crippen LogP contribution < -0.4 is 5.32 Å². The molecule has 0 radical (unpaired) electrons. The van der Waals surface area contributed by atoms with Gasteiger partial charge in [0.05, 0.1) is 6.10 Å². The first kappa shape index (κ1) is 16.0. The summed E-state index contributed by atoms with van der Waals surface area (Å²) in [6.07, 6.45) is 14.0. The molecular weight excluding hydrogens is 222 g/mol. The summed E-state index contributed by atoms with van der Waals surface area (Å²) in [6, 6.07) is 0.769. The first-order valence-electron chi connectivity index (χ1n) is 8.18. The van der Waals surface area contributed by atoms with E-state index in [1.54, 1.807) is 0 Å². The molecule has 0 bridgehead atoms. The minimum absolute atomic E-state index is 0.376. The lowest BCUT2D eigenvalue weighted by molar-refractivity contribution is 0.0612. The van der Waals surface area contributed by atoms with Crippen LogP contribution in [0, 0.1) is 0 Å². The van der Waals surface area contributed by atoms with Crippen molar-refractivity contribution in [2.45, 2.75) is 90.2 Å². The summed E-state index contributed by atoms with van der Waals surface area (Å²) in [7, 11) is 0. The average Bonchev–Trinajstić information content (AvgIpc) is 2.88. The lowest BCUT2D eigenvalue weighted by Crippen LogP contribution is -2.33. The van der Waals surface area contributed by atoms with Gasteiger partial charge in [-0.05, 0) is 26.2 Å². The fraction of sp³-hybridized carbons (Fsp3) is 1.00. The lowest BCUT2D eigenvalue weighted by atomic mass is 10.1. The third-order valence-corrected chi connectivity index (χ3v) is 3.95. The van der Waals surface area contributed by atoms with Crippen LogP contribution in [0.1, 0.15) is 78.1 Å². The van der Waals surface area contributed by atoms with Crippen molar-refractivity contribution in [3.63, 3.8) is 0 Å². The van der Waals surface area contributed by atoms with Crippen molar-refractivity contribution in [3.05, 3.63) is 0 Å². The SMILES string of the molecule is CCCCCCCCOC(C)CNC1CCCC1. The molecular formula is C16H33NO. The molecule has 1 rings (SSSR count). The summed E-state index contributed by atoms with van der Waals surface area (Å²) in [4.78, 5) is 0. The van der Waals surface area contributed by atoms with E-state index < -0.39 is 0 Å². The van der Waals surface area contributed by atoms with E-state index in [9.17, 15) is 0 Å². The van der Waals surface area contributed by atoms with Crippen LogP contribution in [0.2, 0.25) is 0 Å². The van der Waals surface area contributed by atoms with Gasteiger partial charge in [0.1, 0.15) is 0 Å². The Bertz CT molecular complexity index is 178.